The number of rotatable bonds is 6. The van der Waals surface area contributed by atoms with Crippen LogP contribution in [-0.4, -0.2) is 17.2 Å². The molecule has 1 aromatic carbocycles. The molecule has 0 aliphatic rings. The van der Waals surface area contributed by atoms with E-state index in [0.29, 0.717) is 24.1 Å². The van der Waals surface area contributed by atoms with Gasteiger partial charge in [-0.05, 0) is 36.4 Å². The molecule has 0 radical (unpaired) electrons. The van der Waals surface area contributed by atoms with Gasteiger partial charge in [0.15, 0.2) is 18.1 Å². The van der Waals surface area contributed by atoms with Crippen molar-refractivity contribution in [2.75, 3.05) is 7.05 Å². The molecule has 3 heterocycles. The molecule has 132 valence electrons. The van der Waals surface area contributed by atoms with Crippen molar-refractivity contribution in [3.63, 3.8) is 0 Å². The van der Waals surface area contributed by atoms with Crippen LogP contribution in [0.5, 0.6) is 0 Å². The number of aromatic nitrogens is 2. The Bertz CT molecular complexity index is 974. The maximum Gasteiger partial charge on any atom is 0.283 e. The zero-order chi connectivity index (χ0) is 17.9. The van der Waals surface area contributed by atoms with Crippen LogP contribution in [0.2, 0.25) is 0 Å². The minimum Gasteiger partial charge on any atom is -0.459 e. The van der Waals surface area contributed by atoms with Gasteiger partial charge >= 0.3 is 0 Å². The van der Waals surface area contributed by atoms with Crippen molar-refractivity contribution in [2.45, 2.75) is 13.1 Å². The van der Waals surface area contributed by atoms with E-state index in [2.05, 4.69) is 33.2 Å². The number of nitrogens with one attached hydrogen (secondary N) is 1. The first-order chi connectivity index (χ1) is 12.7. The first-order valence-corrected chi connectivity index (χ1v) is 8.99. The summed E-state index contributed by atoms with van der Waals surface area (Å²) in [5.41, 5.74) is 1.05. The highest BCUT2D eigenvalue weighted by molar-refractivity contribution is 9.10. The Balaban J connectivity index is 1.39. The quantitative estimate of drug-likeness (QED) is 0.522. The smallest absolute Gasteiger partial charge is 0.283 e. The van der Waals surface area contributed by atoms with Crippen molar-refractivity contribution >= 4 is 15.9 Å². The lowest BCUT2D eigenvalue weighted by atomic mass is 10.2. The van der Waals surface area contributed by atoms with Gasteiger partial charge in [-0.25, -0.2) is 0 Å². The highest BCUT2D eigenvalue weighted by atomic mass is 79.9. The zero-order valence-electron chi connectivity index (χ0n) is 14.1. The topological polar surface area (TPSA) is 69.6 Å². The highest BCUT2D eigenvalue weighted by Crippen LogP contribution is 2.23. The molecule has 0 aliphatic heterocycles. The van der Waals surface area contributed by atoms with E-state index in [1.54, 1.807) is 18.4 Å². The second-order valence-electron chi connectivity index (χ2n) is 6.06. The summed E-state index contributed by atoms with van der Waals surface area (Å²) >= 11 is 3.44. The Kier molecular flexibility index (Phi) is 4.73. The van der Waals surface area contributed by atoms with E-state index >= 15 is 0 Å². The number of furan rings is 2. The number of benzene rings is 1. The molecule has 0 amide bonds. The van der Waals surface area contributed by atoms with Crippen LogP contribution in [0, 0.1) is 0 Å². The number of halogens is 1. The molecule has 26 heavy (non-hydrogen) atoms. The minimum absolute atomic E-state index is 0.397. The van der Waals surface area contributed by atoms with Gasteiger partial charge in [0.2, 0.25) is 0 Å². The monoisotopic (exact) mass is 414 g/mol. The van der Waals surface area contributed by atoms with Crippen molar-refractivity contribution in [3.8, 4) is 23.0 Å². The molecule has 1 atom stereocenters. The van der Waals surface area contributed by atoms with Crippen LogP contribution in [0.1, 0.15) is 11.7 Å². The molecule has 3 aromatic heterocycles. The molecule has 0 bridgehead atoms. The lowest BCUT2D eigenvalue weighted by Crippen LogP contribution is -3.06. The number of nitrogens with zero attached hydrogens (tertiary/aromatic N) is 2. The lowest BCUT2D eigenvalue weighted by molar-refractivity contribution is -0.910. The van der Waals surface area contributed by atoms with Crippen molar-refractivity contribution in [1.82, 2.24) is 10.2 Å². The van der Waals surface area contributed by atoms with E-state index in [0.717, 1.165) is 28.1 Å². The maximum atomic E-state index is 5.96. The largest absolute Gasteiger partial charge is 0.459 e. The van der Waals surface area contributed by atoms with Crippen molar-refractivity contribution in [1.29, 1.82) is 0 Å². The first kappa shape index (κ1) is 16.8. The van der Waals surface area contributed by atoms with Crippen LogP contribution in [0.3, 0.4) is 0 Å². The van der Waals surface area contributed by atoms with Crippen molar-refractivity contribution in [3.05, 3.63) is 70.9 Å². The molecule has 4 aromatic rings. The van der Waals surface area contributed by atoms with Gasteiger partial charge < -0.3 is 18.2 Å². The van der Waals surface area contributed by atoms with Crippen molar-refractivity contribution in [2.24, 2.45) is 0 Å². The fraction of sp³-hybridized carbons (Fsp3) is 0.158. The summed E-state index contributed by atoms with van der Waals surface area (Å²) in [6.07, 6.45) is 1.58. The first-order valence-electron chi connectivity index (χ1n) is 8.19. The average molecular weight is 415 g/mol. The molecule has 0 aliphatic carbocycles. The summed E-state index contributed by atoms with van der Waals surface area (Å²) in [6, 6.07) is 15.6. The molecule has 1 N–H and O–H groups in total. The van der Waals surface area contributed by atoms with Gasteiger partial charge in [-0.2, -0.15) is 0 Å². The van der Waals surface area contributed by atoms with Crippen LogP contribution in [-0.2, 0) is 13.1 Å². The summed E-state index contributed by atoms with van der Waals surface area (Å²) in [7, 11) is 2.05. The van der Waals surface area contributed by atoms with Gasteiger partial charge in [0, 0.05) is 10.0 Å². The Labute approximate surface area is 158 Å². The molecule has 0 fully saturated rings. The normalized spacial score (nSPS) is 12.4. The molecule has 0 spiro atoms. The van der Waals surface area contributed by atoms with Gasteiger partial charge in [0.05, 0.1) is 13.3 Å². The molecule has 0 saturated heterocycles. The molecule has 1 unspecified atom stereocenters. The second kappa shape index (κ2) is 7.31. The van der Waals surface area contributed by atoms with E-state index < -0.39 is 0 Å². The van der Waals surface area contributed by atoms with E-state index in [-0.39, 0.29) is 0 Å². The highest BCUT2D eigenvalue weighted by Gasteiger charge is 2.16. The number of quaternary nitrogens is 1. The summed E-state index contributed by atoms with van der Waals surface area (Å²) in [5, 5.41) is 8.10. The standard InChI is InChI=1S/C19H16BrN3O3/c1-23(12-18-21-22-19(26-18)17-3-2-10-24-17)11-15-8-9-16(25-15)13-4-6-14(20)7-5-13/h2-10H,11-12H2,1H3/p+1. The average Bonchev–Trinajstić information content (AvgIpc) is 3.36. The summed E-state index contributed by atoms with van der Waals surface area (Å²) in [6.45, 7) is 1.32. The zero-order valence-corrected chi connectivity index (χ0v) is 15.7. The molecule has 4 rings (SSSR count). The van der Waals surface area contributed by atoms with E-state index in [9.17, 15) is 0 Å². The van der Waals surface area contributed by atoms with Crippen LogP contribution < -0.4 is 4.90 Å². The summed E-state index contributed by atoms with van der Waals surface area (Å²) in [4.78, 5) is 1.18. The second-order valence-corrected chi connectivity index (χ2v) is 6.98. The molecular weight excluding hydrogens is 398 g/mol. The number of hydrogen-bond acceptors (Lipinski definition) is 5. The summed E-state index contributed by atoms with van der Waals surface area (Å²) < 4.78 is 17.9. The predicted molar refractivity (Wildman–Crippen MR) is 98.1 cm³/mol. The Morgan fingerprint density at radius 3 is 2.54 bits per heavy atom. The van der Waals surface area contributed by atoms with E-state index in [1.807, 2.05) is 36.4 Å². The van der Waals surface area contributed by atoms with Gasteiger partial charge in [0.1, 0.15) is 12.3 Å². The third kappa shape index (κ3) is 3.79. The van der Waals surface area contributed by atoms with Gasteiger partial charge in [-0.1, -0.05) is 28.1 Å². The third-order valence-electron chi connectivity index (χ3n) is 3.92. The van der Waals surface area contributed by atoms with Crippen molar-refractivity contribution < 1.29 is 18.2 Å². The fourth-order valence-electron chi connectivity index (χ4n) is 2.69. The van der Waals surface area contributed by atoms with Gasteiger partial charge in [-0.3, -0.25) is 0 Å². The molecule has 6 nitrogen and oxygen atoms in total. The SMILES string of the molecule is C[NH+](Cc1ccc(-c2ccc(Br)cc2)o1)Cc1nnc(-c2ccco2)o1. The molecule has 0 saturated carbocycles. The lowest BCUT2D eigenvalue weighted by Gasteiger charge is -2.09. The Morgan fingerprint density at radius 1 is 0.923 bits per heavy atom. The fourth-order valence-corrected chi connectivity index (χ4v) is 2.95. The Morgan fingerprint density at radius 2 is 1.77 bits per heavy atom. The van der Waals surface area contributed by atoms with Crippen LogP contribution in [0.4, 0.5) is 0 Å². The predicted octanol–water partition coefficient (Wildman–Crippen LogP) is 3.57. The maximum absolute atomic E-state index is 5.96. The van der Waals surface area contributed by atoms with Gasteiger partial charge in [-0.15, -0.1) is 10.2 Å². The van der Waals surface area contributed by atoms with E-state index in [4.69, 9.17) is 13.3 Å². The van der Waals surface area contributed by atoms with Crippen LogP contribution >= 0.6 is 15.9 Å². The Hall–Kier alpha value is -2.64. The van der Waals surface area contributed by atoms with Crippen LogP contribution in [0.25, 0.3) is 23.0 Å². The van der Waals surface area contributed by atoms with Gasteiger partial charge in [0.25, 0.3) is 11.8 Å². The third-order valence-corrected chi connectivity index (χ3v) is 4.45. The minimum atomic E-state index is 0.397. The molecular formula is C19H17BrN3O3+. The van der Waals surface area contributed by atoms with Crippen LogP contribution in [0.15, 0.2) is 72.5 Å². The molecule has 7 heteroatoms. The van der Waals surface area contributed by atoms with E-state index in [1.165, 1.54) is 4.90 Å². The summed E-state index contributed by atoms with van der Waals surface area (Å²) in [5.74, 6) is 3.30. The number of hydrogen-bond donors (Lipinski definition) is 1.